The summed E-state index contributed by atoms with van der Waals surface area (Å²) in [5.41, 5.74) is 0.770. The SMILES string of the molecule is Clc1ncc(I)c2cccnc12. The summed E-state index contributed by atoms with van der Waals surface area (Å²) in [6.07, 6.45) is 3.46. The van der Waals surface area contributed by atoms with Crippen molar-refractivity contribution in [2.45, 2.75) is 0 Å². The molecule has 0 saturated heterocycles. The first-order chi connectivity index (χ1) is 5.79. The van der Waals surface area contributed by atoms with Gasteiger partial charge in [0.25, 0.3) is 0 Å². The van der Waals surface area contributed by atoms with E-state index in [9.17, 15) is 0 Å². The van der Waals surface area contributed by atoms with Crippen LogP contribution >= 0.6 is 34.2 Å². The molecular formula is C8H4ClIN2. The van der Waals surface area contributed by atoms with Gasteiger partial charge < -0.3 is 0 Å². The number of halogens is 2. The van der Waals surface area contributed by atoms with E-state index in [-0.39, 0.29) is 0 Å². The molecule has 0 saturated carbocycles. The lowest BCUT2D eigenvalue weighted by Gasteiger charge is -1.99. The molecule has 2 nitrogen and oxygen atoms in total. The standard InChI is InChI=1S/C8H4ClIN2/c9-8-7-5(2-1-3-11-7)6(10)4-12-8/h1-4H. The van der Waals surface area contributed by atoms with Crippen molar-refractivity contribution in [3.8, 4) is 0 Å². The summed E-state index contributed by atoms with van der Waals surface area (Å²) in [5.74, 6) is 0. The van der Waals surface area contributed by atoms with Crippen LogP contribution in [0, 0.1) is 3.57 Å². The van der Waals surface area contributed by atoms with Gasteiger partial charge in [0, 0.05) is 21.4 Å². The number of rotatable bonds is 0. The zero-order valence-electron chi connectivity index (χ0n) is 5.96. The quantitative estimate of drug-likeness (QED) is 0.551. The summed E-state index contributed by atoms with van der Waals surface area (Å²) in [6, 6.07) is 3.87. The monoisotopic (exact) mass is 290 g/mol. The molecule has 2 aromatic rings. The van der Waals surface area contributed by atoms with Crippen molar-refractivity contribution in [1.82, 2.24) is 9.97 Å². The second-order valence-corrected chi connectivity index (χ2v) is 3.82. The van der Waals surface area contributed by atoms with Gasteiger partial charge in [-0.05, 0) is 28.7 Å². The van der Waals surface area contributed by atoms with Gasteiger partial charge in [0.2, 0.25) is 0 Å². The lowest BCUT2D eigenvalue weighted by molar-refractivity contribution is 1.30. The normalized spacial score (nSPS) is 10.5. The lowest BCUT2D eigenvalue weighted by Crippen LogP contribution is -1.85. The molecule has 12 heavy (non-hydrogen) atoms. The molecule has 0 atom stereocenters. The Morgan fingerprint density at radius 3 is 2.92 bits per heavy atom. The average molecular weight is 290 g/mol. The van der Waals surface area contributed by atoms with E-state index < -0.39 is 0 Å². The molecule has 0 bridgehead atoms. The number of hydrogen-bond acceptors (Lipinski definition) is 2. The summed E-state index contributed by atoms with van der Waals surface area (Å²) < 4.78 is 1.07. The van der Waals surface area contributed by atoms with Crippen LogP contribution in [0.15, 0.2) is 24.5 Å². The smallest absolute Gasteiger partial charge is 0.155 e. The van der Waals surface area contributed by atoms with Crippen LogP contribution in [0.4, 0.5) is 0 Å². The van der Waals surface area contributed by atoms with Crippen molar-refractivity contribution >= 4 is 45.1 Å². The maximum atomic E-state index is 5.85. The van der Waals surface area contributed by atoms with E-state index in [0.717, 1.165) is 14.5 Å². The van der Waals surface area contributed by atoms with E-state index in [1.807, 2.05) is 12.1 Å². The van der Waals surface area contributed by atoms with Gasteiger partial charge in [-0.3, -0.25) is 4.98 Å². The van der Waals surface area contributed by atoms with E-state index in [0.29, 0.717) is 5.15 Å². The summed E-state index contributed by atoms with van der Waals surface area (Å²) in [4.78, 5) is 8.14. The van der Waals surface area contributed by atoms with Crippen LogP contribution in [0.3, 0.4) is 0 Å². The van der Waals surface area contributed by atoms with Gasteiger partial charge in [-0.15, -0.1) is 0 Å². The summed E-state index contributed by atoms with van der Waals surface area (Å²) >= 11 is 8.07. The Labute approximate surface area is 88.1 Å². The van der Waals surface area contributed by atoms with Gasteiger partial charge in [0.15, 0.2) is 5.15 Å². The Morgan fingerprint density at radius 1 is 1.33 bits per heavy atom. The highest BCUT2D eigenvalue weighted by Gasteiger charge is 2.03. The molecule has 0 aliphatic rings. The summed E-state index contributed by atoms with van der Waals surface area (Å²) in [6.45, 7) is 0. The maximum Gasteiger partial charge on any atom is 0.155 e. The van der Waals surface area contributed by atoms with Crippen LogP contribution in [0.5, 0.6) is 0 Å². The van der Waals surface area contributed by atoms with Crippen LogP contribution in [0.1, 0.15) is 0 Å². The molecule has 0 unspecified atom stereocenters. The van der Waals surface area contributed by atoms with E-state index >= 15 is 0 Å². The number of nitrogens with zero attached hydrogens (tertiary/aromatic N) is 2. The second-order valence-electron chi connectivity index (χ2n) is 2.30. The predicted octanol–water partition coefficient (Wildman–Crippen LogP) is 2.89. The largest absolute Gasteiger partial charge is 0.253 e. The van der Waals surface area contributed by atoms with Crippen LogP contribution in [0.2, 0.25) is 5.15 Å². The maximum absolute atomic E-state index is 5.85. The lowest BCUT2D eigenvalue weighted by atomic mass is 10.3. The minimum absolute atomic E-state index is 0.464. The molecule has 0 fully saturated rings. The first-order valence-electron chi connectivity index (χ1n) is 3.34. The van der Waals surface area contributed by atoms with Gasteiger partial charge in [-0.2, -0.15) is 0 Å². The Kier molecular flexibility index (Phi) is 2.14. The van der Waals surface area contributed by atoms with Crippen molar-refractivity contribution in [2.24, 2.45) is 0 Å². The number of fused-ring (bicyclic) bond motifs is 1. The van der Waals surface area contributed by atoms with E-state index in [1.54, 1.807) is 12.4 Å². The molecule has 0 N–H and O–H groups in total. The van der Waals surface area contributed by atoms with Crippen LogP contribution in [-0.4, -0.2) is 9.97 Å². The molecule has 2 rings (SSSR count). The molecule has 0 aliphatic heterocycles. The van der Waals surface area contributed by atoms with E-state index in [1.165, 1.54) is 0 Å². The summed E-state index contributed by atoms with van der Waals surface area (Å²) in [7, 11) is 0. The van der Waals surface area contributed by atoms with Gasteiger partial charge in [0.1, 0.15) is 5.52 Å². The molecule has 0 aromatic carbocycles. The fourth-order valence-electron chi connectivity index (χ4n) is 1.01. The van der Waals surface area contributed by atoms with Crippen molar-refractivity contribution < 1.29 is 0 Å². The first-order valence-corrected chi connectivity index (χ1v) is 4.79. The van der Waals surface area contributed by atoms with Crippen molar-refractivity contribution in [3.63, 3.8) is 0 Å². The Bertz CT molecular complexity index is 390. The van der Waals surface area contributed by atoms with E-state index in [2.05, 4.69) is 32.6 Å². The molecule has 2 aromatic heterocycles. The number of aromatic nitrogens is 2. The fraction of sp³-hybridized carbons (Fsp3) is 0. The average Bonchev–Trinajstić information content (AvgIpc) is 2.12. The third-order valence-electron chi connectivity index (χ3n) is 1.55. The van der Waals surface area contributed by atoms with Crippen molar-refractivity contribution in [1.29, 1.82) is 0 Å². The van der Waals surface area contributed by atoms with Gasteiger partial charge >= 0.3 is 0 Å². The highest BCUT2D eigenvalue weighted by atomic mass is 127. The van der Waals surface area contributed by atoms with Crippen LogP contribution < -0.4 is 0 Å². The highest BCUT2D eigenvalue weighted by Crippen LogP contribution is 2.22. The fourth-order valence-corrected chi connectivity index (χ4v) is 1.78. The highest BCUT2D eigenvalue weighted by molar-refractivity contribution is 14.1. The zero-order valence-corrected chi connectivity index (χ0v) is 8.87. The molecule has 4 heteroatoms. The molecule has 60 valence electrons. The first kappa shape index (κ1) is 8.19. The molecule has 0 amide bonds. The van der Waals surface area contributed by atoms with Crippen LogP contribution in [-0.2, 0) is 0 Å². The van der Waals surface area contributed by atoms with Gasteiger partial charge in [-0.25, -0.2) is 4.98 Å². The second kappa shape index (κ2) is 3.14. The molecule has 0 aliphatic carbocycles. The Hall–Kier alpha value is -0.420. The van der Waals surface area contributed by atoms with E-state index in [4.69, 9.17) is 11.6 Å². The van der Waals surface area contributed by atoms with Crippen molar-refractivity contribution in [3.05, 3.63) is 33.2 Å². The molecular weight excluding hydrogens is 286 g/mol. The Morgan fingerprint density at radius 2 is 2.17 bits per heavy atom. The predicted molar refractivity (Wildman–Crippen MR) is 57.3 cm³/mol. The minimum Gasteiger partial charge on any atom is -0.253 e. The molecule has 2 heterocycles. The molecule has 0 radical (unpaired) electrons. The molecule has 0 spiro atoms. The van der Waals surface area contributed by atoms with Gasteiger partial charge in [-0.1, -0.05) is 17.7 Å². The number of pyridine rings is 2. The van der Waals surface area contributed by atoms with Crippen LogP contribution in [0.25, 0.3) is 10.9 Å². The zero-order chi connectivity index (χ0) is 8.55. The minimum atomic E-state index is 0.464. The summed E-state index contributed by atoms with van der Waals surface area (Å²) in [5, 5.41) is 1.52. The van der Waals surface area contributed by atoms with Crippen molar-refractivity contribution in [2.75, 3.05) is 0 Å². The number of hydrogen-bond donors (Lipinski definition) is 0. The third kappa shape index (κ3) is 1.27. The topological polar surface area (TPSA) is 25.8 Å². The Balaban J connectivity index is 2.95. The third-order valence-corrected chi connectivity index (χ3v) is 2.69. The van der Waals surface area contributed by atoms with Gasteiger partial charge in [0.05, 0.1) is 0 Å².